The summed E-state index contributed by atoms with van der Waals surface area (Å²) in [7, 11) is 4.06. The molecular formula is C17H21ClN2OS. The van der Waals surface area contributed by atoms with E-state index in [0.29, 0.717) is 24.4 Å². The van der Waals surface area contributed by atoms with E-state index in [4.69, 9.17) is 11.6 Å². The average Bonchev–Trinajstić information content (AvgIpc) is 2.99. The molecule has 1 aromatic carbocycles. The quantitative estimate of drug-likeness (QED) is 0.835. The molecule has 2 aromatic rings. The second-order valence-corrected chi connectivity index (χ2v) is 6.84. The summed E-state index contributed by atoms with van der Waals surface area (Å²) in [4.78, 5) is 15.4. The fraction of sp³-hybridized carbons (Fsp3) is 0.353. The number of rotatable bonds is 7. The van der Waals surface area contributed by atoms with Gasteiger partial charge < -0.3 is 10.2 Å². The van der Waals surface area contributed by atoms with Gasteiger partial charge in [-0.25, -0.2) is 0 Å². The SMILES string of the molecule is CN(C)C(CNC(=O)CCc1cccc(Cl)c1)c1cccs1. The Morgan fingerprint density at radius 2 is 2.14 bits per heavy atom. The second-order valence-electron chi connectivity index (χ2n) is 5.43. The van der Waals surface area contributed by atoms with E-state index in [1.807, 2.05) is 44.4 Å². The highest BCUT2D eigenvalue weighted by atomic mass is 35.5. The maximum absolute atomic E-state index is 12.0. The summed E-state index contributed by atoms with van der Waals surface area (Å²) in [5.74, 6) is 0.0726. The number of hydrogen-bond donors (Lipinski definition) is 1. The Kier molecular flexibility index (Phi) is 6.43. The van der Waals surface area contributed by atoms with Crippen molar-refractivity contribution >= 4 is 28.8 Å². The standard InChI is InChI=1S/C17H21ClN2OS/c1-20(2)15(16-7-4-10-22-16)12-19-17(21)9-8-13-5-3-6-14(18)11-13/h3-7,10-11,15H,8-9,12H2,1-2H3,(H,19,21). The second kappa shape index (κ2) is 8.32. The number of halogens is 1. The van der Waals surface area contributed by atoms with Crippen LogP contribution in [0.1, 0.15) is 22.9 Å². The first-order valence-corrected chi connectivity index (χ1v) is 8.53. The van der Waals surface area contributed by atoms with Crippen molar-refractivity contribution in [2.75, 3.05) is 20.6 Å². The molecule has 118 valence electrons. The van der Waals surface area contributed by atoms with E-state index < -0.39 is 0 Å². The van der Waals surface area contributed by atoms with Crippen molar-refractivity contribution in [2.45, 2.75) is 18.9 Å². The third-order valence-corrected chi connectivity index (χ3v) is 4.73. The van der Waals surface area contributed by atoms with Gasteiger partial charge in [-0.1, -0.05) is 29.8 Å². The van der Waals surface area contributed by atoms with Crippen molar-refractivity contribution < 1.29 is 4.79 Å². The molecule has 3 nitrogen and oxygen atoms in total. The van der Waals surface area contributed by atoms with Crippen LogP contribution in [0.25, 0.3) is 0 Å². The number of hydrogen-bond acceptors (Lipinski definition) is 3. The zero-order valence-electron chi connectivity index (χ0n) is 12.9. The average molecular weight is 337 g/mol. The molecular weight excluding hydrogens is 316 g/mol. The van der Waals surface area contributed by atoms with Gasteiger partial charge in [0.25, 0.3) is 0 Å². The summed E-state index contributed by atoms with van der Waals surface area (Å²) in [6, 6.07) is 12.0. The molecule has 0 radical (unpaired) electrons. The van der Waals surface area contributed by atoms with Crippen molar-refractivity contribution in [3.8, 4) is 0 Å². The van der Waals surface area contributed by atoms with Crippen LogP contribution in [0.4, 0.5) is 0 Å². The molecule has 22 heavy (non-hydrogen) atoms. The van der Waals surface area contributed by atoms with E-state index in [1.165, 1.54) is 4.88 Å². The van der Waals surface area contributed by atoms with Crippen LogP contribution in [0, 0.1) is 0 Å². The van der Waals surface area contributed by atoms with Crippen LogP contribution in [-0.4, -0.2) is 31.4 Å². The van der Waals surface area contributed by atoms with Gasteiger partial charge in [0.1, 0.15) is 0 Å². The van der Waals surface area contributed by atoms with Crippen LogP contribution >= 0.6 is 22.9 Å². The molecule has 0 aliphatic rings. The molecule has 0 saturated heterocycles. The summed E-state index contributed by atoms with van der Waals surface area (Å²) in [5.41, 5.74) is 1.09. The number of aryl methyl sites for hydroxylation is 1. The van der Waals surface area contributed by atoms with Crippen molar-refractivity contribution in [1.82, 2.24) is 10.2 Å². The molecule has 0 bridgehead atoms. The number of carbonyl (C=O) groups excluding carboxylic acids is 1. The van der Waals surface area contributed by atoms with Crippen LogP contribution in [0.5, 0.6) is 0 Å². The molecule has 1 atom stereocenters. The fourth-order valence-corrected chi connectivity index (χ4v) is 3.40. The lowest BCUT2D eigenvalue weighted by molar-refractivity contribution is -0.121. The van der Waals surface area contributed by atoms with E-state index in [2.05, 4.69) is 21.7 Å². The first kappa shape index (κ1) is 17.0. The van der Waals surface area contributed by atoms with Gasteiger partial charge in [0.05, 0.1) is 6.04 Å². The highest BCUT2D eigenvalue weighted by molar-refractivity contribution is 7.10. The van der Waals surface area contributed by atoms with E-state index in [9.17, 15) is 4.79 Å². The zero-order valence-corrected chi connectivity index (χ0v) is 14.5. The minimum atomic E-state index is 0.0726. The molecule has 1 aromatic heterocycles. The lowest BCUT2D eigenvalue weighted by Crippen LogP contribution is -2.34. The summed E-state index contributed by atoms with van der Waals surface area (Å²) >= 11 is 7.67. The van der Waals surface area contributed by atoms with E-state index in [-0.39, 0.29) is 11.9 Å². The van der Waals surface area contributed by atoms with Crippen molar-refractivity contribution in [1.29, 1.82) is 0 Å². The van der Waals surface area contributed by atoms with Gasteiger partial charge in [-0.3, -0.25) is 4.79 Å². The molecule has 1 amide bonds. The first-order valence-electron chi connectivity index (χ1n) is 7.27. The molecule has 1 unspecified atom stereocenters. The summed E-state index contributed by atoms with van der Waals surface area (Å²) in [6.45, 7) is 0.627. The van der Waals surface area contributed by atoms with Gasteiger partial charge in [0.15, 0.2) is 0 Å². The van der Waals surface area contributed by atoms with Crippen molar-refractivity contribution in [3.05, 3.63) is 57.2 Å². The largest absolute Gasteiger partial charge is 0.354 e. The molecule has 0 spiro atoms. The normalized spacial score (nSPS) is 12.4. The summed E-state index contributed by atoms with van der Waals surface area (Å²) in [5, 5.41) is 5.80. The maximum atomic E-state index is 12.0. The molecule has 0 aliphatic heterocycles. The van der Waals surface area contributed by atoms with Crippen LogP contribution in [-0.2, 0) is 11.2 Å². The Bertz CT molecular complexity index is 598. The molecule has 5 heteroatoms. The van der Waals surface area contributed by atoms with Gasteiger partial charge in [0.2, 0.25) is 5.91 Å². The summed E-state index contributed by atoms with van der Waals surface area (Å²) in [6.07, 6.45) is 1.18. The summed E-state index contributed by atoms with van der Waals surface area (Å²) < 4.78 is 0. The zero-order chi connectivity index (χ0) is 15.9. The highest BCUT2D eigenvalue weighted by Gasteiger charge is 2.16. The third-order valence-electron chi connectivity index (χ3n) is 3.52. The third kappa shape index (κ3) is 5.13. The molecule has 0 aliphatic carbocycles. The van der Waals surface area contributed by atoms with Crippen LogP contribution in [0.2, 0.25) is 5.02 Å². The Morgan fingerprint density at radius 3 is 2.77 bits per heavy atom. The van der Waals surface area contributed by atoms with Crippen molar-refractivity contribution in [3.63, 3.8) is 0 Å². The Labute approximate surface area is 140 Å². The first-order chi connectivity index (χ1) is 10.6. The lowest BCUT2D eigenvalue weighted by Gasteiger charge is -2.23. The van der Waals surface area contributed by atoms with E-state index in [1.54, 1.807) is 11.3 Å². The molecule has 0 saturated carbocycles. The number of likely N-dealkylation sites (N-methyl/N-ethyl adjacent to an activating group) is 1. The van der Waals surface area contributed by atoms with Gasteiger partial charge >= 0.3 is 0 Å². The Hall–Kier alpha value is -1.36. The Morgan fingerprint density at radius 1 is 1.32 bits per heavy atom. The number of nitrogens with zero attached hydrogens (tertiary/aromatic N) is 1. The predicted octanol–water partition coefficient (Wildman–Crippen LogP) is 3.75. The molecule has 1 heterocycles. The van der Waals surface area contributed by atoms with Crippen LogP contribution in [0.15, 0.2) is 41.8 Å². The van der Waals surface area contributed by atoms with E-state index in [0.717, 1.165) is 5.56 Å². The monoisotopic (exact) mass is 336 g/mol. The lowest BCUT2D eigenvalue weighted by atomic mass is 10.1. The molecule has 2 rings (SSSR count). The van der Waals surface area contributed by atoms with Crippen LogP contribution < -0.4 is 5.32 Å². The van der Waals surface area contributed by atoms with Gasteiger partial charge in [-0.15, -0.1) is 11.3 Å². The minimum Gasteiger partial charge on any atom is -0.354 e. The molecule has 1 N–H and O–H groups in total. The number of nitrogens with one attached hydrogen (secondary N) is 1. The van der Waals surface area contributed by atoms with Gasteiger partial charge in [-0.2, -0.15) is 0 Å². The highest BCUT2D eigenvalue weighted by Crippen LogP contribution is 2.22. The smallest absolute Gasteiger partial charge is 0.220 e. The predicted molar refractivity (Wildman–Crippen MR) is 93.5 cm³/mol. The number of carbonyl (C=O) groups is 1. The van der Waals surface area contributed by atoms with E-state index >= 15 is 0 Å². The van der Waals surface area contributed by atoms with Gasteiger partial charge in [0, 0.05) is 22.9 Å². The molecule has 0 fully saturated rings. The Balaban J connectivity index is 1.81. The number of benzene rings is 1. The van der Waals surface area contributed by atoms with Crippen LogP contribution in [0.3, 0.4) is 0 Å². The fourth-order valence-electron chi connectivity index (χ4n) is 2.27. The van der Waals surface area contributed by atoms with Gasteiger partial charge in [-0.05, 0) is 49.7 Å². The van der Waals surface area contributed by atoms with Crippen molar-refractivity contribution in [2.24, 2.45) is 0 Å². The number of thiophene rings is 1. The topological polar surface area (TPSA) is 32.3 Å². The maximum Gasteiger partial charge on any atom is 0.220 e. The number of amides is 1. The minimum absolute atomic E-state index is 0.0726.